The summed E-state index contributed by atoms with van der Waals surface area (Å²) in [6.45, 7) is 12.0. The summed E-state index contributed by atoms with van der Waals surface area (Å²) in [6.07, 6.45) is 2.31. The Morgan fingerprint density at radius 3 is 2.75 bits per heavy atom. The van der Waals surface area contributed by atoms with Gasteiger partial charge in [0.05, 0.1) is 19.1 Å². The van der Waals surface area contributed by atoms with Gasteiger partial charge in [-0.25, -0.2) is 0 Å². The van der Waals surface area contributed by atoms with Crippen molar-refractivity contribution in [2.45, 2.75) is 52.6 Å². The number of rotatable bonds is 4. The molecule has 1 amide bonds. The quantitative estimate of drug-likeness (QED) is 0.856. The molecule has 20 heavy (non-hydrogen) atoms. The summed E-state index contributed by atoms with van der Waals surface area (Å²) in [5, 5.41) is 3.47. The molecule has 2 rings (SSSR count). The van der Waals surface area contributed by atoms with Crippen LogP contribution in [0.1, 0.15) is 40.5 Å². The van der Waals surface area contributed by atoms with Crippen LogP contribution >= 0.6 is 0 Å². The molecule has 2 saturated heterocycles. The highest BCUT2D eigenvalue weighted by Crippen LogP contribution is 2.29. The fraction of sp³-hybridized carbons (Fsp3) is 0.938. The van der Waals surface area contributed by atoms with Gasteiger partial charge in [0.2, 0.25) is 5.91 Å². The predicted molar refractivity (Wildman–Crippen MR) is 80.5 cm³/mol. The highest BCUT2D eigenvalue weighted by Gasteiger charge is 2.40. The molecule has 2 aliphatic rings. The fourth-order valence-electron chi connectivity index (χ4n) is 3.55. The van der Waals surface area contributed by atoms with E-state index >= 15 is 0 Å². The van der Waals surface area contributed by atoms with Crippen LogP contribution in [0.5, 0.6) is 0 Å². The summed E-state index contributed by atoms with van der Waals surface area (Å²) in [5.74, 6) is 1.49. The van der Waals surface area contributed by atoms with Crippen molar-refractivity contribution in [1.29, 1.82) is 0 Å². The van der Waals surface area contributed by atoms with Crippen molar-refractivity contribution in [2.75, 3.05) is 26.3 Å². The normalized spacial score (nSPS) is 38.2. The molecular formula is C16H30N2O2. The topological polar surface area (TPSA) is 41.6 Å². The summed E-state index contributed by atoms with van der Waals surface area (Å²) < 4.78 is 5.56. The predicted octanol–water partition coefficient (Wildman–Crippen LogP) is 1.89. The number of carbonyl (C=O) groups excluding carboxylic acids is 1. The second kappa shape index (κ2) is 6.90. The minimum Gasteiger partial charge on any atom is -0.379 e. The Bertz CT molecular complexity index is 334. The molecule has 1 N–H and O–H groups in total. The Balaban J connectivity index is 2.01. The van der Waals surface area contributed by atoms with Gasteiger partial charge in [-0.1, -0.05) is 20.8 Å². The number of ether oxygens (including phenoxy) is 1. The van der Waals surface area contributed by atoms with Crippen LogP contribution in [0.15, 0.2) is 0 Å². The molecule has 4 nitrogen and oxygen atoms in total. The van der Waals surface area contributed by atoms with E-state index < -0.39 is 0 Å². The minimum atomic E-state index is 0.00139. The van der Waals surface area contributed by atoms with Crippen LogP contribution in [0, 0.1) is 17.8 Å². The first-order valence-corrected chi connectivity index (χ1v) is 8.16. The van der Waals surface area contributed by atoms with E-state index in [1.54, 1.807) is 0 Å². The van der Waals surface area contributed by atoms with E-state index in [4.69, 9.17) is 4.74 Å². The van der Waals surface area contributed by atoms with Crippen LogP contribution in [-0.2, 0) is 9.53 Å². The summed E-state index contributed by atoms with van der Waals surface area (Å²) in [7, 11) is 0. The molecule has 2 heterocycles. The van der Waals surface area contributed by atoms with E-state index in [9.17, 15) is 4.79 Å². The maximum absolute atomic E-state index is 12.9. The summed E-state index contributed by atoms with van der Waals surface area (Å²) in [6, 6.07) is 0.549. The lowest BCUT2D eigenvalue weighted by Crippen LogP contribution is -2.54. The molecule has 0 saturated carbocycles. The molecule has 0 aromatic carbocycles. The average molecular weight is 282 g/mol. The number of nitrogens with zero attached hydrogens (tertiary/aromatic N) is 1. The third-order valence-corrected chi connectivity index (χ3v) is 4.93. The molecule has 116 valence electrons. The first-order valence-electron chi connectivity index (χ1n) is 8.16. The van der Waals surface area contributed by atoms with Gasteiger partial charge in [0.15, 0.2) is 0 Å². The average Bonchev–Trinajstić information content (AvgIpc) is 2.88. The zero-order valence-electron chi connectivity index (χ0n) is 13.4. The lowest BCUT2D eigenvalue weighted by molar-refractivity contribution is -0.142. The van der Waals surface area contributed by atoms with Crippen molar-refractivity contribution in [2.24, 2.45) is 17.8 Å². The van der Waals surface area contributed by atoms with Crippen LogP contribution in [0.2, 0.25) is 0 Å². The maximum atomic E-state index is 12.9. The number of hydrogen-bond donors (Lipinski definition) is 1. The van der Waals surface area contributed by atoms with Crippen molar-refractivity contribution < 1.29 is 9.53 Å². The summed E-state index contributed by atoms with van der Waals surface area (Å²) in [4.78, 5) is 15.0. The van der Waals surface area contributed by atoms with Gasteiger partial charge >= 0.3 is 0 Å². The van der Waals surface area contributed by atoms with Crippen molar-refractivity contribution in [1.82, 2.24) is 10.2 Å². The van der Waals surface area contributed by atoms with Crippen molar-refractivity contribution >= 4 is 5.91 Å². The van der Waals surface area contributed by atoms with Gasteiger partial charge in [-0.3, -0.25) is 4.79 Å². The zero-order chi connectivity index (χ0) is 14.7. The van der Waals surface area contributed by atoms with Crippen LogP contribution in [-0.4, -0.2) is 49.2 Å². The van der Waals surface area contributed by atoms with E-state index in [0.717, 1.165) is 19.5 Å². The van der Waals surface area contributed by atoms with Crippen molar-refractivity contribution in [3.8, 4) is 0 Å². The molecule has 4 heteroatoms. The molecule has 2 fully saturated rings. The highest BCUT2D eigenvalue weighted by atomic mass is 16.5. The van der Waals surface area contributed by atoms with Crippen LogP contribution in [0.3, 0.4) is 0 Å². The maximum Gasteiger partial charge on any atom is 0.229 e. The van der Waals surface area contributed by atoms with Gasteiger partial charge in [0.1, 0.15) is 0 Å². The molecule has 0 radical (unpaired) electrons. The number of hydrogen-bond acceptors (Lipinski definition) is 3. The van der Waals surface area contributed by atoms with Crippen LogP contribution in [0.4, 0.5) is 0 Å². The van der Waals surface area contributed by atoms with E-state index in [-0.39, 0.29) is 12.0 Å². The number of nitrogens with one attached hydrogen (secondary N) is 1. The van der Waals surface area contributed by atoms with Gasteiger partial charge in [-0.2, -0.15) is 0 Å². The molecule has 0 aliphatic carbocycles. The SMILES string of the molecule is CCCNC1COCC1C(=O)N1CC(C)CC(C)C1C. The molecule has 0 aromatic rings. The lowest BCUT2D eigenvalue weighted by Gasteiger charge is -2.42. The summed E-state index contributed by atoms with van der Waals surface area (Å²) >= 11 is 0. The molecule has 5 atom stereocenters. The Hall–Kier alpha value is -0.610. The monoisotopic (exact) mass is 282 g/mol. The third kappa shape index (κ3) is 3.34. The van der Waals surface area contributed by atoms with E-state index in [1.807, 2.05) is 0 Å². The van der Waals surface area contributed by atoms with Gasteiger partial charge in [-0.05, 0) is 38.1 Å². The fourth-order valence-corrected chi connectivity index (χ4v) is 3.55. The van der Waals surface area contributed by atoms with Crippen LogP contribution in [0.25, 0.3) is 0 Å². The molecular weight excluding hydrogens is 252 g/mol. The van der Waals surface area contributed by atoms with Crippen LogP contribution < -0.4 is 5.32 Å². The largest absolute Gasteiger partial charge is 0.379 e. The van der Waals surface area contributed by atoms with Gasteiger partial charge in [-0.15, -0.1) is 0 Å². The highest BCUT2D eigenvalue weighted by molar-refractivity contribution is 5.80. The lowest BCUT2D eigenvalue weighted by atomic mass is 9.85. The standard InChI is InChI=1S/C16H30N2O2/c1-5-6-17-15-10-20-9-14(15)16(19)18-8-11(2)7-12(3)13(18)4/h11-15,17H,5-10H2,1-4H3. The first-order chi connectivity index (χ1) is 9.54. The van der Waals surface area contributed by atoms with E-state index in [0.29, 0.717) is 37.0 Å². The Morgan fingerprint density at radius 1 is 1.30 bits per heavy atom. The number of carbonyl (C=O) groups is 1. The molecule has 0 spiro atoms. The smallest absolute Gasteiger partial charge is 0.229 e. The van der Waals surface area contributed by atoms with Crippen molar-refractivity contribution in [3.05, 3.63) is 0 Å². The number of piperidine rings is 1. The van der Waals surface area contributed by atoms with E-state index in [2.05, 4.69) is 37.9 Å². The Kier molecular flexibility index (Phi) is 5.44. The second-order valence-corrected chi connectivity index (χ2v) is 6.75. The molecule has 0 bridgehead atoms. The molecule has 2 aliphatic heterocycles. The van der Waals surface area contributed by atoms with E-state index in [1.165, 1.54) is 6.42 Å². The minimum absolute atomic E-state index is 0.00139. The number of amides is 1. The summed E-state index contributed by atoms with van der Waals surface area (Å²) in [5.41, 5.74) is 0. The second-order valence-electron chi connectivity index (χ2n) is 6.75. The third-order valence-electron chi connectivity index (χ3n) is 4.93. The zero-order valence-corrected chi connectivity index (χ0v) is 13.4. The number of likely N-dealkylation sites (tertiary alicyclic amines) is 1. The van der Waals surface area contributed by atoms with Gasteiger partial charge in [0.25, 0.3) is 0 Å². The van der Waals surface area contributed by atoms with Crippen molar-refractivity contribution in [3.63, 3.8) is 0 Å². The molecule has 0 aromatic heterocycles. The Morgan fingerprint density at radius 2 is 2.05 bits per heavy atom. The Labute approximate surface area is 123 Å². The first kappa shape index (κ1) is 15.8. The van der Waals surface area contributed by atoms with Gasteiger partial charge in [0, 0.05) is 18.6 Å². The van der Waals surface area contributed by atoms with Gasteiger partial charge < -0.3 is 15.0 Å². The molecule has 5 unspecified atom stereocenters.